The zero-order valence-electron chi connectivity index (χ0n) is 10.0. The SMILES string of the molecule is Brc1ccccc1Cn1cnc(CNC2CC2)n1. The summed E-state index contributed by atoms with van der Waals surface area (Å²) in [6, 6.07) is 8.88. The van der Waals surface area contributed by atoms with E-state index in [1.807, 2.05) is 22.9 Å². The zero-order chi connectivity index (χ0) is 12.4. The van der Waals surface area contributed by atoms with Gasteiger partial charge < -0.3 is 5.32 Å². The van der Waals surface area contributed by atoms with Gasteiger partial charge >= 0.3 is 0 Å². The molecule has 1 aliphatic carbocycles. The van der Waals surface area contributed by atoms with E-state index in [0.717, 1.165) is 23.4 Å². The molecule has 0 spiro atoms. The van der Waals surface area contributed by atoms with Gasteiger partial charge in [-0.25, -0.2) is 9.67 Å². The first-order chi connectivity index (χ1) is 8.81. The van der Waals surface area contributed by atoms with E-state index in [0.29, 0.717) is 6.04 Å². The second-order valence-corrected chi connectivity index (χ2v) is 5.46. The number of nitrogens with one attached hydrogen (secondary N) is 1. The summed E-state index contributed by atoms with van der Waals surface area (Å²) >= 11 is 3.54. The van der Waals surface area contributed by atoms with Gasteiger partial charge in [-0.1, -0.05) is 34.1 Å². The van der Waals surface area contributed by atoms with E-state index >= 15 is 0 Å². The highest BCUT2D eigenvalue weighted by atomic mass is 79.9. The first-order valence-electron chi connectivity index (χ1n) is 6.16. The van der Waals surface area contributed by atoms with Crippen LogP contribution in [0.2, 0.25) is 0 Å². The lowest BCUT2D eigenvalue weighted by Gasteiger charge is -2.03. The van der Waals surface area contributed by atoms with E-state index in [9.17, 15) is 0 Å². The molecule has 0 radical (unpaired) electrons. The number of aromatic nitrogens is 3. The number of hydrogen-bond acceptors (Lipinski definition) is 3. The summed E-state index contributed by atoms with van der Waals surface area (Å²) < 4.78 is 2.99. The average Bonchev–Trinajstić information content (AvgIpc) is 3.10. The summed E-state index contributed by atoms with van der Waals surface area (Å²) in [4.78, 5) is 4.32. The molecule has 1 aromatic heterocycles. The van der Waals surface area contributed by atoms with Crippen LogP contribution < -0.4 is 5.32 Å². The van der Waals surface area contributed by atoms with Crippen LogP contribution in [-0.4, -0.2) is 20.8 Å². The third kappa shape index (κ3) is 2.97. The van der Waals surface area contributed by atoms with Crippen molar-refractivity contribution in [2.45, 2.75) is 32.0 Å². The van der Waals surface area contributed by atoms with Crippen LogP contribution in [0.1, 0.15) is 24.2 Å². The average molecular weight is 307 g/mol. The molecule has 0 atom stereocenters. The van der Waals surface area contributed by atoms with Crippen molar-refractivity contribution in [2.75, 3.05) is 0 Å². The smallest absolute Gasteiger partial charge is 0.164 e. The van der Waals surface area contributed by atoms with Crippen molar-refractivity contribution < 1.29 is 0 Å². The summed E-state index contributed by atoms with van der Waals surface area (Å²) in [6.07, 6.45) is 4.37. The maximum atomic E-state index is 4.47. The summed E-state index contributed by atoms with van der Waals surface area (Å²) in [7, 11) is 0. The van der Waals surface area contributed by atoms with Crippen molar-refractivity contribution in [3.8, 4) is 0 Å². The molecule has 4 nitrogen and oxygen atoms in total. The lowest BCUT2D eigenvalue weighted by Crippen LogP contribution is -2.16. The predicted molar refractivity (Wildman–Crippen MR) is 73.1 cm³/mol. The van der Waals surface area contributed by atoms with Crippen LogP contribution in [0.3, 0.4) is 0 Å². The Morgan fingerprint density at radius 3 is 2.94 bits per heavy atom. The molecular formula is C13H15BrN4. The third-order valence-corrected chi connectivity index (χ3v) is 3.77. The van der Waals surface area contributed by atoms with Gasteiger partial charge in [0.2, 0.25) is 0 Å². The zero-order valence-corrected chi connectivity index (χ0v) is 11.6. The molecule has 18 heavy (non-hydrogen) atoms. The van der Waals surface area contributed by atoms with Crippen LogP contribution in [0.5, 0.6) is 0 Å². The molecule has 0 saturated heterocycles. The third-order valence-electron chi connectivity index (χ3n) is 3.00. The molecule has 94 valence electrons. The van der Waals surface area contributed by atoms with E-state index in [4.69, 9.17) is 0 Å². The van der Waals surface area contributed by atoms with Gasteiger partial charge in [0.1, 0.15) is 6.33 Å². The molecule has 0 amide bonds. The van der Waals surface area contributed by atoms with E-state index in [2.05, 4.69) is 37.4 Å². The van der Waals surface area contributed by atoms with Gasteiger partial charge in [-0.15, -0.1) is 0 Å². The molecule has 0 unspecified atom stereocenters. The van der Waals surface area contributed by atoms with Gasteiger partial charge in [-0.3, -0.25) is 0 Å². The number of nitrogens with zero attached hydrogens (tertiary/aromatic N) is 3. The lowest BCUT2D eigenvalue weighted by molar-refractivity contribution is 0.627. The second-order valence-electron chi connectivity index (χ2n) is 4.60. The molecule has 3 rings (SSSR count). The molecule has 0 aliphatic heterocycles. The van der Waals surface area contributed by atoms with E-state index < -0.39 is 0 Å². The Labute approximate surface area is 115 Å². The van der Waals surface area contributed by atoms with Gasteiger partial charge in [-0.05, 0) is 24.5 Å². The topological polar surface area (TPSA) is 42.7 Å². The normalized spacial score (nSPS) is 14.9. The van der Waals surface area contributed by atoms with Crippen LogP contribution in [0, 0.1) is 0 Å². The second kappa shape index (κ2) is 5.20. The standard InChI is InChI=1S/C13H15BrN4/c14-12-4-2-1-3-10(12)8-18-9-16-13(17-18)7-15-11-5-6-11/h1-4,9,11,15H,5-8H2. The van der Waals surface area contributed by atoms with Crippen molar-refractivity contribution in [3.63, 3.8) is 0 Å². The van der Waals surface area contributed by atoms with Crippen LogP contribution in [0.15, 0.2) is 35.1 Å². The number of benzene rings is 1. The fraction of sp³-hybridized carbons (Fsp3) is 0.385. The number of hydrogen-bond donors (Lipinski definition) is 1. The summed E-state index contributed by atoms with van der Waals surface area (Å²) in [5.74, 6) is 0.869. The summed E-state index contributed by atoms with van der Waals surface area (Å²) in [5.41, 5.74) is 1.21. The molecule has 0 bridgehead atoms. The van der Waals surface area contributed by atoms with Crippen molar-refractivity contribution in [3.05, 3.63) is 46.5 Å². The van der Waals surface area contributed by atoms with Crippen molar-refractivity contribution in [2.24, 2.45) is 0 Å². The first kappa shape index (κ1) is 11.9. The maximum absolute atomic E-state index is 4.47. The molecule has 1 heterocycles. The van der Waals surface area contributed by atoms with E-state index in [1.165, 1.54) is 18.4 Å². The Hall–Kier alpha value is -1.20. The van der Waals surface area contributed by atoms with E-state index in [-0.39, 0.29) is 0 Å². The minimum absolute atomic E-state index is 0.695. The molecule has 1 N–H and O–H groups in total. The minimum Gasteiger partial charge on any atom is -0.307 e. The fourth-order valence-electron chi connectivity index (χ4n) is 1.81. The molecule has 1 saturated carbocycles. The fourth-order valence-corrected chi connectivity index (χ4v) is 2.22. The number of rotatable bonds is 5. The lowest BCUT2D eigenvalue weighted by atomic mass is 10.2. The van der Waals surface area contributed by atoms with Gasteiger partial charge in [-0.2, -0.15) is 5.10 Å². The van der Waals surface area contributed by atoms with Crippen LogP contribution in [-0.2, 0) is 13.1 Å². The van der Waals surface area contributed by atoms with Gasteiger partial charge in [0, 0.05) is 10.5 Å². The van der Waals surface area contributed by atoms with Crippen molar-refractivity contribution >= 4 is 15.9 Å². The van der Waals surface area contributed by atoms with Crippen molar-refractivity contribution in [1.82, 2.24) is 20.1 Å². The number of halogens is 1. The molecule has 2 aromatic rings. The van der Waals surface area contributed by atoms with Gasteiger partial charge in [0.05, 0.1) is 13.1 Å². The largest absolute Gasteiger partial charge is 0.307 e. The van der Waals surface area contributed by atoms with Crippen LogP contribution in [0.4, 0.5) is 0 Å². The Kier molecular flexibility index (Phi) is 3.43. The molecular weight excluding hydrogens is 292 g/mol. The van der Waals surface area contributed by atoms with Crippen molar-refractivity contribution in [1.29, 1.82) is 0 Å². The highest BCUT2D eigenvalue weighted by Crippen LogP contribution is 2.19. The van der Waals surface area contributed by atoms with Crippen LogP contribution in [0.25, 0.3) is 0 Å². The first-order valence-corrected chi connectivity index (χ1v) is 6.96. The van der Waals surface area contributed by atoms with E-state index in [1.54, 1.807) is 6.33 Å². The Morgan fingerprint density at radius 1 is 1.33 bits per heavy atom. The molecule has 1 aromatic carbocycles. The summed E-state index contributed by atoms with van der Waals surface area (Å²) in [5, 5.41) is 7.88. The quantitative estimate of drug-likeness (QED) is 0.922. The monoisotopic (exact) mass is 306 g/mol. The molecule has 5 heteroatoms. The highest BCUT2D eigenvalue weighted by Gasteiger charge is 2.20. The molecule has 1 fully saturated rings. The Bertz CT molecular complexity index is 533. The van der Waals surface area contributed by atoms with Crippen LogP contribution >= 0.6 is 15.9 Å². The predicted octanol–water partition coefficient (Wildman–Crippen LogP) is 2.34. The highest BCUT2D eigenvalue weighted by molar-refractivity contribution is 9.10. The summed E-state index contributed by atoms with van der Waals surface area (Å²) in [6.45, 7) is 1.52. The van der Waals surface area contributed by atoms with Gasteiger partial charge in [0.15, 0.2) is 5.82 Å². The maximum Gasteiger partial charge on any atom is 0.164 e. The van der Waals surface area contributed by atoms with Gasteiger partial charge in [0.25, 0.3) is 0 Å². The molecule has 1 aliphatic rings. The Balaban J connectivity index is 1.63. The Morgan fingerprint density at radius 2 is 2.17 bits per heavy atom. The minimum atomic E-state index is 0.695.